The van der Waals surface area contributed by atoms with E-state index in [9.17, 15) is 90.3 Å². The maximum atomic E-state index is 12.4. The van der Waals surface area contributed by atoms with Gasteiger partial charge in [-0.15, -0.1) is 0 Å². The number of quaternary nitrogens is 1. The Labute approximate surface area is 867 Å². The fourth-order valence-electron chi connectivity index (χ4n) is 12.1. The molecule has 2 heterocycles. The third kappa shape index (κ3) is 72.6. The molecule has 0 saturated carbocycles. The van der Waals surface area contributed by atoms with Crippen molar-refractivity contribution in [2.45, 2.75) is 80.5 Å². The molecule has 7 rings (SSSR count). The van der Waals surface area contributed by atoms with Crippen molar-refractivity contribution >= 4 is 70.9 Å². The van der Waals surface area contributed by atoms with E-state index in [0.29, 0.717) is 36.9 Å². The number of benzene rings is 5. The normalized spacial score (nSPS) is 14.5. The van der Waals surface area contributed by atoms with Gasteiger partial charge in [0.25, 0.3) is 0 Å². The summed E-state index contributed by atoms with van der Waals surface area (Å²) in [4.78, 5) is 48.8. The molecule has 11 unspecified atom stereocenters. The molecule has 0 amide bonds. The van der Waals surface area contributed by atoms with Crippen molar-refractivity contribution in [2.24, 2.45) is 5.41 Å². The Kier molecular flexibility index (Phi) is 78.8. The van der Waals surface area contributed by atoms with Gasteiger partial charge in [0.2, 0.25) is 5.69 Å². The number of nitrogens with one attached hydrogen (secondary N) is 1. The van der Waals surface area contributed by atoms with Crippen LogP contribution in [0.15, 0.2) is 247 Å². The number of aromatic nitrogens is 1. The van der Waals surface area contributed by atoms with Crippen molar-refractivity contribution in [1.82, 2.24) is 0 Å². The summed E-state index contributed by atoms with van der Waals surface area (Å²) in [6, 6.07) is 50.7. The molecule has 1 saturated heterocycles. The molecule has 1 aromatic heterocycles. The first-order chi connectivity index (χ1) is 70.5. The number of esters is 4. The zero-order valence-electron chi connectivity index (χ0n) is 81.6. The molecule has 11 atom stereocenters. The first-order valence-corrected chi connectivity index (χ1v) is 49.7. The van der Waals surface area contributed by atoms with Crippen molar-refractivity contribution < 1.29 is 234 Å². The van der Waals surface area contributed by atoms with Crippen LogP contribution in [0, 0.1) is 32.0 Å². The predicted octanol–water partition coefficient (Wildman–Crippen LogP) is 2.02. The van der Waals surface area contributed by atoms with Gasteiger partial charge >= 0.3 is 102 Å². The van der Waals surface area contributed by atoms with Gasteiger partial charge in [-0.1, -0.05) is 107 Å². The van der Waals surface area contributed by atoms with E-state index in [1.807, 2.05) is 109 Å². The van der Waals surface area contributed by atoms with E-state index in [0.717, 1.165) is 52.5 Å². The number of morpholine rings is 1. The van der Waals surface area contributed by atoms with E-state index >= 15 is 0 Å². The summed E-state index contributed by atoms with van der Waals surface area (Å²) in [5.74, 6) is -2.41. The largest absolute Gasteiger partial charge is 1.00 e. The van der Waals surface area contributed by atoms with Crippen molar-refractivity contribution in [3.05, 3.63) is 285 Å². The number of carbonyl (C=O) groups excluding carboxylic acids is 4. The van der Waals surface area contributed by atoms with Crippen LogP contribution in [0.3, 0.4) is 0 Å². The number of hydrogen-bond acceptors (Lipinski definition) is 35. The molecule has 0 spiro atoms. The van der Waals surface area contributed by atoms with Crippen LogP contribution in [-0.2, 0) is 124 Å². The summed E-state index contributed by atoms with van der Waals surface area (Å²) in [5, 5.41) is 95.5. The molecule has 832 valence electrons. The van der Waals surface area contributed by atoms with Crippen LogP contribution in [0.4, 0.5) is 30.9 Å². The van der Waals surface area contributed by atoms with Gasteiger partial charge < -0.3 is 153 Å². The van der Waals surface area contributed by atoms with Gasteiger partial charge in [-0.3, -0.25) is 13.3 Å². The number of hydrogen-bond donors (Lipinski definition) is 10. The number of pyridine rings is 1. The van der Waals surface area contributed by atoms with E-state index in [2.05, 4.69) is 102 Å². The molecule has 1 aliphatic rings. The van der Waals surface area contributed by atoms with Gasteiger partial charge in [-0.05, 0) is 79.2 Å². The molecule has 0 radical (unpaired) electrons. The summed E-state index contributed by atoms with van der Waals surface area (Å²) in [6.45, 7) is 42.4. The third-order valence-corrected chi connectivity index (χ3v) is 23.3. The Hall–Kier alpha value is -10.5. The Balaban J connectivity index is -0.00000197. The number of halogens is 7. The number of carbonyl (C=O) groups is 4. The monoisotopic (exact) mass is 2200 g/mol. The maximum Gasteiger partial charge on any atom is -1.00 e. The van der Waals surface area contributed by atoms with Gasteiger partial charge in [-0.25, -0.2) is 19.2 Å². The molecule has 5 aromatic carbocycles. The molecule has 6 aromatic rings. The molecule has 0 aliphatic carbocycles. The van der Waals surface area contributed by atoms with Crippen molar-refractivity contribution in [3.63, 3.8) is 0 Å². The second-order valence-corrected chi connectivity index (χ2v) is 37.0. The third-order valence-electron chi connectivity index (χ3n) is 18.8. The fourth-order valence-corrected chi connectivity index (χ4v) is 16.5. The molecular formula is C98H130ClF6N2O39P2S-. The standard InChI is InChI=1S/C39H50O10P.C28H38NO10.C27H41NO11.4CO.ClH.F6P.H2O4S/c1-4-37(43)48-25-31(40)22-45-28-39(6-3,29-46-23-32(41)26-49-38(44)5-2)30-47-24-33(42)27-50(34-16-10-7-11-17-34,35-18-12-8-13-19-35)36-20-14-9-15-21-36;1-3-34-14-24(30)16-36-20-27(38-18-25(31)15-35-4-2)21-37-17-26(32)19-39-28(33)22-8-10-23(11-9-22)29-12-6-5-7-13-29;1-3-33-13-23(29)15-36-19-26(38-17-24(30)14-34-4-2)20-37-16-25(31)18-39-27(32)21-5-7-22(8-6-21)28-9-11-35-12-10-28;4*1-2;;1-7(2,3,4,5)6;1-5(2,3)4/h4-5,7-21,31-33,40-42H,1-2,6,22-30H2,3H3;3-13,24-27,30-32H,1-2,14-21H2;3-8,23-26,29-31H,1-2,9-20H2;;;;;1H;;(H2,1,2,3,4)/q2*+1;;;;;;;-1;/p-2. The van der Waals surface area contributed by atoms with Gasteiger partial charge in [0.05, 0.1) is 155 Å². The zero-order chi connectivity index (χ0) is 112. The minimum absolute atomic E-state index is 0. The minimum Gasteiger partial charge on any atom is -1.00 e. The first-order valence-electron chi connectivity index (χ1n) is 44.4. The smallest absolute Gasteiger partial charge is 1.00 e. The first kappa shape index (κ1) is 143. The zero-order valence-corrected chi connectivity index (χ0v) is 85.0. The summed E-state index contributed by atoms with van der Waals surface area (Å²) in [6.07, 6.45) is 1.83. The Morgan fingerprint density at radius 2 is 0.685 bits per heavy atom. The van der Waals surface area contributed by atoms with Crippen LogP contribution >= 0.6 is 15.1 Å². The molecule has 0 bridgehead atoms. The molecular weight excluding hydrogens is 2070 g/mol. The minimum atomic E-state index is -10.7. The summed E-state index contributed by atoms with van der Waals surface area (Å²) in [5.41, 5.74) is 1.99. The topological polar surface area (TPSA) is 585 Å². The average molecular weight is 2200 g/mol. The molecule has 1 aliphatic heterocycles. The van der Waals surface area contributed by atoms with Crippen molar-refractivity contribution in [3.8, 4) is 5.69 Å². The van der Waals surface area contributed by atoms with Crippen LogP contribution in [-0.4, -0.2) is 346 Å². The number of rotatable bonds is 66. The molecule has 51 heteroatoms. The van der Waals surface area contributed by atoms with Crippen LogP contribution < -0.4 is 37.8 Å². The number of aliphatic hydroxyl groups is 9. The number of nitrogens with zero attached hydrogens (tertiary/aromatic N) is 1. The summed E-state index contributed by atoms with van der Waals surface area (Å²) in [7, 11) is -18.1. The Morgan fingerprint density at radius 3 is 0.980 bits per heavy atom. The predicted molar refractivity (Wildman–Crippen MR) is 515 cm³/mol. The van der Waals surface area contributed by atoms with Crippen LogP contribution in [0.1, 0.15) is 34.1 Å². The van der Waals surface area contributed by atoms with Crippen LogP contribution in [0.5, 0.6) is 0 Å². The van der Waals surface area contributed by atoms with E-state index in [4.69, 9.17) is 121 Å². The van der Waals surface area contributed by atoms with E-state index in [1.165, 1.54) is 29.9 Å². The molecule has 1 fully saturated rings. The van der Waals surface area contributed by atoms with Gasteiger partial charge in [0.1, 0.15) is 168 Å². The second kappa shape index (κ2) is 82.3. The van der Waals surface area contributed by atoms with Crippen molar-refractivity contribution in [1.29, 1.82) is 0 Å². The summed E-state index contributed by atoms with van der Waals surface area (Å²) < 4.78 is 222. The number of ether oxygens (including phenoxy) is 18. The maximum absolute atomic E-state index is 12.4. The number of aliphatic hydroxyl groups excluding tert-OH is 9. The van der Waals surface area contributed by atoms with E-state index in [-0.39, 0.29) is 171 Å². The fraction of sp³-hybridized carbons (Fsp3) is 0.439. The SMILES string of the molecule is C=CC(=O)OCC(O)COCC(CC)(COCC(O)COC(=O)C=C)COCC(O)C[P+](c1ccccc1)(c1ccccc1)c1ccccc1.C=COCC(O)COCC(COCC(O)COC(=O)c1ccc(-[n+]2ccccc2)cc1)OCC(O)COC=C.C=COCC(O)COCC(COCC(O)COC(=O)c1ccc([NH+]2CCOCC2)cc1)OCC(O)COC=C.F[P-](F)(F)(F)(F)F.O=S(=O)([O-])[O-].[C-]#[O+].[C-]#[O+].[C-]#[O+].[C-]#[O+].[Cl-]. The van der Waals surface area contributed by atoms with Gasteiger partial charge in [0, 0.05) is 52.2 Å². The quantitative estimate of drug-likeness (QED) is 0.00223. The van der Waals surface area contributed by atoms with E-state index < -0.39 is 122 Å². The van der Waals surface area contributed by atoms with Crippen LogP contribution in [0.25, 0.3) is 5.69 Å². The molecule has 149 heavy (non-hydrogen) atoms. The molecule has 41 nitrogen and oxygen atoms in total. The Morgan fingerprint density at radius 1 is 0.416 bits per heavy atom. The van der Waals surface area contributed by atoms with Crippen molar-refractivity contribution in [2.75, 3.05) is 191 Å². The molecule has 10 N–H and O–H groups in total. The van der Waals surface area contributed by atoms with Gasteiger partial charge in [-0.2, -0.15) is 4.57 Å². The van der Waals surface area contributed by atoms with E-state index in [1.54, 1.807) is 36.4 Å². The summed E-state index contributed by atoms with van der Waals surface area (Å²) >= 11 is 0. The second-order valence-electron chi connectivity index (χ2n) is 30.7. The average Bonchev–Trinajstić information content (AvgIpc) is 0.745. The van der Waals surface area contributed by atoms with Gasteiger partial charge in [0.15, 0.2) is 12.4 Å². The Bertz CT molecular complexity index is 4620. The van der Waals surface area contributed by atoms with Crippen LogP contribution in [0.2, 0.25) is 0 Å².